The summed E-state index contributed by atoms with van der Waals surface area (Å²) < 4.78 is 26.1. The number of nitrogens with one attached hydrogen (secondary N) is 1. The van der Waals surface area contributed by atoms with Gasteiger partial charge >= 0.3 is 12.2 Å². The molecule has 1 amide bonds. The number of carbonyl (C=O) groups excluding carboxylic acids is 1. The van der Waals surface area contributed by atoms with Crippen molar-refractivity contribution in [3.63, 3.8) is 0 Å². The van der Waals surface area contributed by atoms with Gasteiger partial charge in [-0.1, -0.05) is 5.92 Å². The maximum atomic E-state index is 13.6. The Labute approximate surface area is 153 Å². The summed E-state index contributed by atoms with van der Waals surface area (Å²) in [5.74, 6) is 2.23. The van der Waals surface area contributed by atoms with Crippen LogP contribution in [0.15, 0.2) is 6.33 Å². The molecule has 4 N–H and O–H groups in total. The number of aliphatic hydroxyl groups excluding tert-OH is 1. The van der Waals surface area contributed by atoms with Crippen molar-refractivity contribution in [1.82, 2.24) is 24.8 Å². The highest BCUT2D eigenvalue weighted by atomic mass is 19.1. The molecule has 3 rings (SSSR count). The molecule has 2 aromatic heterocycles. The molecule has 27 heavy (non-hydrogen) atoms. The second kappa shape index (κ2) is 6.98. The van der Waals surface area contributed by atoms with E-state index in [2.05, 4.69) is 26.2 Å². The lowest BCUT2D eigenvalue weighted by Crippen LogP contribution is -2.46. The number of nitrogens with zero attached hydrogens (tertiary/aromatic N) is 4. The molecular weight excluding hydrogens is 359 g/mol. The Morgan fingerprint density at radius 1 is 1.67 bits per heavy atom. The first-order valence-electron chi connectivity index (χ1n) is 8.18. The summed E-state index contributed by atoms with van der Waals surface area (Å²) in [4.78, 5) is 23.2. The average Bonchev–Trinajstić information content (AvgIpc) is 3.16. The highest BCUT2D eigenvalue weighted by molar-refractivity contribution is 5.81. The van der Waals surface area contributed by atoms with E-state index in [0.29, 0.717) is 0 Å². The molecule has 1 fully saturated rings. The van der Waals surface area contributed by atoms with Crippen molar-refractivity contribution in [3.8, 4) is 12.3 Å². The number of aromatic nitrogens is 4. The number of aliphatic hydroxyl groups is 1. The molecule has 0 aromatic carbocycles. The van der Waals surface area contributed by atoms with E-state index in [9.17, 15) is 14.3 Å². The van der Waals surface area contributed by atoms with Gasteiger partial charge in [0.2, 0.25) is 0 Å². The highest BCUT2D eigenvalue weighted by Crippen LogP contribution is 2.39. The fourth-order valence-electron chi connectivity index (χ4n) is 2.89. The Kier molecular flexibility index (Phi) is 4.86. The molecule has 0 aliphatic carbocycles. The molecule has 0 spiro atoms. The normalized spacial score (nSPS) is 24.9. The minimum atomic E-state index is -1.56. The van der Waals surface area contributed by atoms with E-state index in [0.717, 1.165) is 0 Å². The number of amides is 1. The third-order valence-corrected chi connectivity index (χ3v) is 4.15. The van der Waals surface area contributed by atoms with Crippen LogP contribution in [0, 0.1) is 18.4 Å². The van der Waals surface area contributed by atoms with E-state index in [1.807, 2.05) is 0 Å². The summed E-state index contributed by atoms with van der Waals surface area (Å²) in [6.07, 6.45) is 3.50. The van der Waals surface area contributed by atoms with Crippen LogP contribution in [0.1, 0.15) is 26.5 Å². The van der Waals surface area contributed by atoms with Crippen molar-refractivity contribution >= 4 is 23.1 Å². The number of hydrogen-bond donors (Lipinski definition) is 3. The number of halogens is 1. The van der Waals surface area contributed by atoms with Crippen molar-refractivity contribution in [2.75, 3.05) is 12.3 Å². The van der Waals surface area contributed by atoms with E-state index >= 15 is 0 Å². The van der Waals surface area contributed by atoms with Gasteiger partial charge in [0.15, 0.2) is 28.7 Å². The van der Waals surface area contributed by atoms with Gasteiger partial charge in [-0.15, -0.1) is 6.42 Å². The predicted molar refractivity (Wildman–Crippen MR) is 91.6 cm³/mol. The zero-order chi connectivity index (χ0) is 19.8. The quantitative estimate of drug-likeness (QED) is 0.511. The van der Waals surface area contributed by atoms with Gasteiger partial charge in [-0.25, -0.2) is 9.78 Å². The first-order valence-corrected chi connectivity index (χ1v) is 8.18. The number of anilines is 1. The van der Waals surface area contributed by atoms with Crippen LogP contribution in [0.5, 0.6) is 0 Å². The van der Waals surface area contributed by atoms with Crippen molar-refractivity contribution in [2.45, 2.75) is 44.2 Å². The summed E-state index contributed by atoms with van der Waals surface area (Å²) in [5.41, 5.74) is 4.38. The largest absolute Gasteiger partial charge is 0.442 e. The number of terminal acetylenes is 1. The third-order valence-electron chi connectivity index (χ3n) is 4.15. The molecule has 10 nitrogen and oxygen atoms in total. The summed E-state index contributed by atoms with van der Waals surface area (Å²) in [6.45, 7) is 2.95. The molecule has 0 radical (unpaired) electrons. The maximum absolute atomic E-state index is 13.6. The zero-order valence-corrected chi connectivity index (χ0v) is 14.7. The summed E-state index contributed by atoms with van der Waals surface area (Å²) >= 11 is 0. The number of ether oxygens (including phenoxy) is 2. The molecule has 1 aliphatic heterocycles. The Morgan fingerprint density at radius 3 is 3.04 bits per heavy atom. The molecule has 3 heterocycles. The maximum Gasteiger partial charge on any atom is 0.407 e. The van der Waals surface area contributed by atoms with Gasteiger partial charge in [0.05, 0.1) is 12.9 Å². The number of rotatable bonds is 4. The van der Waals surface area contributed by atoms with Gasteiger partial charge < -0.3 is 25.6 Å². The first kappa shape index (κ1) is 18.8. The molecule has 3 atom stereocenters. The van der Waals surface area contributed by atoms with Crippen LogP contribution in [-0.2, 0) is 9.47 Å². The Morgan fingerprint density at radius 2 is 2.41 bits per heavy atom. The van der Waals surface area contributed by atoms with Gasteiger partial charge in [-0.05, 0) is 13.8 Å². The van der Waals surface area contributed by atoms with Crippen molar-refractivity contribution in [2.24, 2.45) is 0 Å². The van der Waals surface area contributed by atoms with Crippen LogP contribution in [0.4, 0.5) is 15.0 Å². The standard InChI is InChI=1S/C16H19FN6O4/c1-4-16(6-24)9(26-15(25)20-8(2)3)5-10(27-16)23-7-19-11-12(18)21-14(17)22-13(11)23/h1,7-10,24H,5-6H2,2-3H3,(H,20,25)(H2,18,21,22). The molecule has 3 unspecified atom stereocenters. The van der Waals surface area contributed by atoms with Crippen molar-refractivity contribution in [1.29, 1.82) is 0 Å². The smallest absolute Gasteiger partial charge is 0.407 e. The highest BCUT2D eigenvalue weighted by Gasteiger charge is 2.51. The van der Waals surface area contributed by atoms with E-state index in [-0.39, 0.29) is 29.4 Å². The molecule has 144 valence electrons. The Hall–Kier alpha value is -2.97. The second-order valence-electron chi connectivity index (χ2n) is 6.40. The van der Waals surface area contributed by atoms with Crippen molar-refractivity contribution < 1.29 is 23.8 Å². The van der Waals surface area contributed by atoms with E-state index in [4.69, 9.17) is 21.6 Å². The SMILES string of the molecule is C#CC1(CO)OC(n2cnc3c(N)nc(F)nc32)CC1OC(=O)NC(C)C. The Bertz CT molecular complexity index is 910. The number of nitrogen functional groups attached to an aromatic ring is 1. The van der Waals surface area contributed by atoms with Crippen LogP contribution in [-0.4, -0.2) is 55.1 Å². The number of imidazole rings is 1. The van der Waals surface area contributed by atoms with Crippen LogP contribution in [0.2, 0.25) is 0 Å². The number of alkyl carbamates (subject to hydrolysis) is 1. The van der Waals surface area contributed by atoms with Gasteiger partial charge in [0, 0.05) is 12.5 Å². The summed E-state index contributed by atoms with van der Waals surface area (Å²) in [6, 6.07) is -0.148. The van der Waals surface area contributed by atoms with E-state index in [1.165, 1.54) is 10.9 Å². The van der Waals surface area contributed by atoms with Gasteiger partial charge in [0.25, 0.3) is 0 Å². The topological polar surface area (TPSA) is 137 Å². The fourth-order valence-corrected chi connectivity index (χ4v) is 2.89. The molecule has 0 saturated carbocycles. The molecule has 1 aliphatic rings. The molecule has 2 aromatic rings. The monoisotopic (exact) mass is 378 g/mol. The third kappa shape index (κ3) is 3.36. The van der Waals surface area contributed by atoms with Gasteiger partial charge in [-0.2, -0.15) is 14.4 Å². The van der Waals surface area contributed by atoms with Crippen molar-refractivity contribution in [3.05, 3.63) is 12.4 Å². The second-order valence-corrected chi connectivity index (χ2v) is 6.40. The van der Waals surface area contributed by atoms with Crippen LogP contribution >= 0.6 is 0 Å². The minimum Gasteiger partial charge on any atom is -0.442 e. The summed E-state index contributed by atoms with van der Waals surface area (Å²) in [7, 11) is 0. The van der Waals surface area contributed by atoms with Gasteiger partial charge in [-0.3, -0.25) is 4.57 Å². The molecule has 11 heteroatoms. The van der Waals surface area contributed by atoms with E-state index in [1.54, 1.807) is 13.8 Å². The fraction of sp³-hybridized carbons (Fsp3) is 0.500. The predicted octanol–water partition coefficient (Wildman–Crippen LogP) is 0.334. The van der Waals surface area contributed by atoms with E-state index < -0.39 is 36.7 Å². The molecule has 1 saturated heterocycles. The molecule has 0 bridgehead atoms. The first-order chi connectivity index (χ1) is 12.8. The Balaban J connectivity index is 1.93. The van der Waals surface area contributed by atoms with Crippen LogP contribution in [0.3, 0.4) is 0 Å². The minimum absolute atomic E-state index is 0.0905. The lowest BCUT2D eigenvalue weighted by molar-refractivity contribution is -0.0909. The molecular formula is C16H19FN6O4. The lowest BCUT2D eigenvalue weighted by Gasteiger charge is -2.27. The van der Waals surface area contributed by atoms with Gasteiger partial charge in [0.1, 0.15) is 6.23 Å². The number of hydrogen-bond acceptors (Lipinski definition) is 8. The van der Waals surface area contributed by atoms with Crippen LogP contribution in [0.25, 0.3) is 11.2 Å². The number of fused-ring (bicyclic) bond motifs is 1. The average molecular weight is 378 g/mol. The number of carbonyl (C=O) groups is 1. The summed E-state index contributed by atoms with van der Waals surface area (Å²) in [5, 5.41) is 12.4. The van der Waals surface area contributed by atoms with Crippen LogP contribution < -0.4 is 11.1 Å². The number of nitrogens with two attached hydrogens (primary N) is 1. The zero-order valence-electron chi connectivity index (χ0n) is 14.7. The lowest BCUT2D eigenvalue weighted by atomic mass is 9.98.